The van der Waals surface area contributed by atoms with Crippen molar-refractivity contribution < 1.29 is 9.59 Å². The van der Waals surface area contributed by atoms with Crippen LogP contribution in [-0.4, -0.2) is 52.4 Å². The number of alkyl halides is 8. The van der Waals surface area contributed by atoms with Gasteiger partial charge in [-0.05, 0) is 47.9 Å². The van der Waals surface area contributed by atoms with Crippen molar-refractivity contribution in [2.24, 2.45) is 11.5 Å². The number of halogens is 8. The zero-order valence-corrected chi connectivity index (χ0v) is 29.6. The van der Waals surface area contributed by atoms with Crippen LogP contribution in [0.25, 0.3) is 0 Å². The summed E-state index contributed by atoms with van der Waals surface area (Å²) in [5, 5.41) is 2.76. The maximum atomic E-state index is 12.8. The molecule has 0 aromatic heterocycles. The first-order valence-electron chi connectivity index (χ1n) is 9.61. The summed E-state index contributed by atoms with van der Waals surface area (Å²) in [7, 11) is 0. The lowest BCUT2D eigenvalue weighted by molar-refractivity contribution is 0.0998. The molecule has 0 bridgehead atoms. The van der Waals surface area contributed by atoms with Gasteiger partial charge in [0.15, 0.2) is 0 Å². The molecule has 0 aliphatic heterocycles. The molecular weight excluding hydrogens is 939 g/mol. The summed E-state index contributed by atoms with van der Waals surface area (Å²) in [5.74, 6) is -1.09. The number of carbonyl (C=O) groups excluding carboxylic acids is 2. The summed E-state index contributed by atoms with van der Waals surface area (Å²) in [6.07, 6.45) is 2.24. The summed E-state index contributed by atoms with van der Waals surface area (Å²) < 4.78 is 0. The normalized spacial score (nSPS) is 15.2. The number of hydrogen-bond acceptors (Lipinski definition) is 2. The van der Waals surface area contributed by atoms with E-state index in [0.29, 0.717) is 63.7 Å². The van der Waals surface area contributed by atoms with E-state index in [9.17, 15) is 9.59 Å². The molecule has 1 aromatic carbocycles. The van der Waals surface area contributed by atoms with Crippen molar-refractivity contribution in [1.29, 1.82) is 0 Å². The van der Waals surface area contributed by atoms with Gasteiger partial charge >= 0.3 is 0 Å². The van der Waals surface area contributed by atoms with Crippen LogP contribution in [0.4, 0.5) is 0 Å². The number of rotatable bonds is 14. The lowest BCUT2D eigenvalue weighted by Crippen LogP contribution is -2.30. The Balaban J connectivity index is 4.15. The monoisotopic (exact) mass is 956 g/mol. The maximum absolute atomic E-state index is 12.8. The fourth-order valence-electron chi connectivity index (χ4n) is 3.57. The quantitative estimate of drug-likeness (QED) is 0.204. The molecule has 32 heavy (non-hydrogen) atoms. The van der Waals surface area contributed by atoms with Crippen LogP contribution in [0.3, 0.4) is 0 Å². The van der Waals surface area contributed by atoms with Crippen molar-refractivity contribution in [2.45, 2.75) is 45.0 Å². The first-order chi connectivity index (χ1) is 15.0. The van der Waals surface area contributed by atoms with Gasteiger partial charge in [-0.25, -0.2) is 0 Å². The van der Waals surface area contributed by atoms with Gasteiger partial charge in [-0.3, -0.25) is 9.59 Å². The molecule has 12 heteroatoms. The lowest BCUT2D eigenvalue weighted by Gasteiger charge is -2.28. The third kappa shape index (κ3) is 9.14. The topological polar surface area (TPSA) is 86.2 Å². The Bertz CT molecular complexity index is 757. The van der Waals surface area contributed by atoms with Crippen LogP contribution in [0.1, 0.15) is 43.0 Å². The summed E-state index contributed by atoms with van der Waals surface area (Å²) in [6.45, 7) is 0. The van der Waals surface area contributed by atoms with Crippen LogP contribution in [0.5, 0.6) is 0 Å². The molecule has 4 atom stereocenters. The molecule has 1 aromatic rings. The van der Waals surface area contributed by atoms with Gasteiger partial charge in [-0.1, -0.05) is 127 Å². The molecule has 182 valence electrons. The zero-order valence-electron chi connectivity index (χ0n) is 17.0. The van der Waals surface area contributed by atoms with Gasteiger partial charge in [-0.15, -0.1) is 0 Å². The van der Waals surface area contributed by atoms with Gasteiger partial charge in [0.25, 0.3) is 0 Å². The Kier molecular flexibility index (Phi) is 16.0. The van der Waals surface area contributed by atoms with Crippen LogP contribution in [0.15, 0.2) is 0 Å². The highest BCUT2D eigenvalue weighted by Crippen LogP contribution is 2.36. The summed E-state index contributed by atoms with van der Waals surface area (Å²) in [5.41, 5.74) is 16.0. The van der Waals surface area contributed by atoms with Crippen molar-refractivity contribution in [2.75, 3.05) is 21.3 Å². The number of benzene rings is 1. The fraction of sp³-hybridized carbons (Fsp3) is 0.600. The smallest absolute Gasteiger partial charge is 0.249 e. The summed E-state index contributed by atoms with van der Waals surface area (Å²) in [4.78, 5) is 25.9. The van der Waals surface area contributed by atoms with E-state index < -0.39 is 11.8 Å². The van der Waals surface area contributed by atoms with E-state index in [2.05, 4.69) is 127 Å². The Labute approximate surface area is 256 Å². The largest absolute Gasteiger partial charge is 0.366 e. The van der Waals surface area contributed by atoms with Gasteiger partial charge in [0, 0.05) is 51.8 Å². The van der Waals surface area contributed by atoms with Gasteiger partial charge in [0.2, 0.25) is 11.8 Å². The molecular formula is C20H24Br8N2O2. The van der Waals surface area contributed by atoms with Crippen molar-refractivity contribution in [3.8, 4) is 0 Å². The fourth-order valence-corrected chi connectivity index (χ4v) is 5.78. The maximum Gasteiger partial charge on any atom is 0.249 e. The van der Waals surface area contributed by atoms with E-state index >= 15 is 0 Å². The summed E-state index contributed by atoms with van der Waals surface area (Å²) >= 11 is 28.8. The highest BCUT2D eigenvalue weighted by Gasteiger charge is 2.31. The Hall–Kier alpha value is 2.00. The molecule has 2 amide bonds. The minimum Gasteiger partial charge on any atom is -0.366 e. The van der Waals surface area contributed by atoms with Crippen LogP contribution in [-0.2, 0) is 25.7 Å². The first kappa shape index (κ1) is 32.0. The van der Waals surface area contributed by atoms with Gasteiger partial charge in [-0.2, -0.15) is 0 Å². The standard InChI is InChI=1S/C20H24Br8N2O2/c21-5-9(25)1-13-14(2-10(26)6-22)17(19(29)31)16(4-12(28)8-24)18(20(30)32)15(13)3-11(27)7-23/h9-12H,1-8H2,(H2,29,31)(H2,30,32). The number of primary amides is 2. The van der Waals surface area contributed by atoms with Gasteiger partial charge < -0.3 is 11.5 Å². The third-order valence-electron chi connectivity index (χ3n) is 4.80. The number of nitrogens with two attached hydrogens (primary N) is 2. The van der Waals surface area contributed by atoms with E-state index in [1.807, 2.05) is 0 Å². The van der Waals surface area contributed by atoms with Gasteiger partial charge in [0.05, 0.1) is 0 Å². The van der Waals surface area contributed by atoms with Crippen molar-refractivity contribution in [3.63, 3.8) is 0 Å². The first-order valence-corrected chi connectivity index (χ1v) is 17.8. The molecule has 1 rings (SSSR count). The van der Waals surface area contributed by atoms with Crippen LogP contribution >= 0.6 is 127 Å². The minimum absolute atomic E-state index is 0.00333. The van der Waals surface area contributed by atoms with Crippen molar-refractivity contribution in [3.05, 3.63) is 33.4 Å². The van der Waals surface area contributed by atoms with Crippen LogP contribution in [0.2, 0.25) is 0 Å². The zero-order chi connectivity index (χ0) is 24.6. The average molecular weight is 964 g/mol. The summed E-state index contributed by atoms with van der Waals surface area (Å²) in [6, 6.07) is 0. The molecule has 4 N–H and O–H groups in total. The molecule has 0 saturated heterocycles. The SMILES string of the molecule is NC(=O)c1c(CC(Br)CBr)c(CC(Br)CBr)c(CC(Br)CBr)c(C(N)=O)c1CC(Br)CBr. The van der Waals surface area contributed by atoms with E-state index in [1.54, 1.807) is 0 Å². The Morgan fingerprint density at radius 1 is 0.531 bits per heavy atom. The Morgan fingerprint density at radius 2 is 0.781 bits per heavy atom. The molecule has 0 aliphatic rings. The van der Waals surface area contributed by atoms with Crippen molar-refractivity contribution in [1.82, 2.24) is 0 Å². The second-order valence-electron chi connectivity index (χ2n) is 7.22. The number of carbonyl (C=O) groups is 2. The van der Waals surface area contributed by atoms with Gasteiger partial charge in [0.1, 0.15) is 0 Å². The average Bonchev–Trinajstić information content (AvgIpc) is 2.74. The van der Waals surface area contributed by atoms with Crippen LogP contribution in [0, 0.1) is 0 Å². The second-order valence-corrected chi connectivity index (χ2v) is 15.0. The highest BCUT2D eigenvalue weighted by atomic mass is 79.9. The number of hydrogen-bond donors (Lipinski definition) is 2. The van der Waals surface area contributed by atoms with Crippen molar-refractivity contribution >= 4 is 139 Å². The minimum atomic E-state index is -0.547. The molecule has 0 spiro atoms. The predicted molar refractivity (Wildman–Crippen MR) is 164 cm³/mol. The number of amides is 2. The molecule has 4 unspecified atom stereocenters. The van der Waals surface area contributed by atoms with Crippen LogP contribution < -0.4 is 11.5 Å². The van der Waals surface area contributed by atoms with E-state index in [-0.39, 0.29) is 19.3 Å². The van der Waals surface area contributed by atoms with E-state index in [0.717, 1.165) is 16.7 Å². The predicted octanol–water partition coefficient (Wildman–Crippen LogP) is 6.69. The molecule has 0 fully saturated rings. The molecule has 4 nitrogen and oxygen atoms in total. The molecule has 0 aliphatic carbocycles. The molecule has 0 heterocycles. The third-order valence-corrected chi connectivity index (χ3v) is 14.0. The Morgan fingerprint density at radius 3 is 1.03 bits per heavy atom. The van der Waals surface area contributed by atoms with E-state index in [1.165, 1.54) is 0 Å². The molecule has 0 radical (unpaired) electrons. The highest BCUT2D eigenvalue weighted by molar-refractivity contribution is 9.13. The van der Waals surface area contributed by atoms with E-state index in [4.69, 9.17) is 11.5 Å². The lowest BCUT2D eigenvalue weighted by atomic mass is 9.80. The molecule has 0 saturated carbocycles. The second kappa shape index (κ2) is 16.0.